The van der Waals surface area contributed by atoms with Gasteiger partial charge >= 0.3 is 0 Å². The molecule has 0 amide bonds. The number of piperidine rings is 1. The molecule has 2 aliphatic carbocycles. The van der Waals surface area contributed by atoms with Crippen molar-refractivity contribution < 1.29 is 0 Å². The molecule has 1 heterocycles. The van der Waals surface area contributed by atoms with Crippen molar-refractivity contribution in [2.75, 3.05) is 39.8 Å². The number of guanidine groups is 1. The highest BCUT2D eigenvalue weighted by Gasteiger charge is 2.48. The van der Waals surface area contributed by atoms with Crippen LogP contribution in [0.25, 0.3) is 0 Å². The van der Waals surface area contributed by atoms with Gasteiger partial charge in [-0.15, -0.1) is 0 Å². The predicted octanol–water partition coefficient (Wildman–Crippen LogP) is 2.22. The minimum absolute atomic E-state index is 0.616. The molecule has 0 aromatic rings. The Morgan fingerprint density at radius 1 is 1.10 bits per heavy atom. The van der Waals surface area contributed by atoms with E-state index >= 15 is 0 Å². The van der Waals surface area contributed by atoms with E-state index in [1.807, 2.05) is 7.05 Å². The van der Waals surface area contributed by atoms with Crippen molar-refractivity contribution in [2.24, 2.45) is 16.3 Å². The zero-order valence-electron chi connectivity index (χ0n) is 13.7. The first-order valence-electron chi connectivity index (χ1n) is 8.99. The van der Waals surface area contributed by atoms with E-state index in [1.54, 1.807) is 0 Å². The lowest BCUT2D eigenvalue weighted by Gasteiger charge is -2.43. The topological polar surface area (TPSA) is 39.7 Å². The highest BCUT2D eigenvalue weighted by molar-refractivity contribution is 5.79. The maximum atomic E-state index is 4.39. The first-order valence-corrected chi connectivity index (χ1v) is 8.99. The van der Waals surface area contributed by atoms with Crippen molar-refractivity contribution in [3.05, 3.63) is 0 Å². The van der Waals surface area contributed by atoms with Crippen LogP contribution in [0.1, 0.15) is 51.4 Å². The predicted molar refractivity (Wildman–Crippen MR) is 88.7 cm³/mol. The molecule has 3 aliphatic rings. The summed E-state index contributed by atoms with van der Waals surface area (Å²) in [6, 6.07) is 0. The third kappa shape index (κ3) is 3.91. The molecule has 0 bridgehead atoms. The second-order valence-electron chi connectivity index (χ2n) is 7.25. The smallest absolute Gasteiger partial charge is 0.191 e. The largest absolute Gasteiger partial charge is 0.356 e. The number of likely N-dealkylation sites (tertiary alicyclic amines) is 1. The highest BCUT2D eigenvalue weighted by Crippen LogP contribution is 2.56. The van der Waals surface area contributed by atoms with Crippen LogP contribution < -0.4 is 10.6 Å². The van der Waals surface area contributed by atoms with Crippen molar-refractivity contribution in [2.45, 2.75) is 51.4 Å². The fraction of sp³-hybridized carbons (Fsp3) is 0.941. The molecule has 0 aromatic heterocycles. The number of nitrogens with zero attached hydrogens (tertiary/aromatic N) is 2. The van der Waals surface area contributed by atoms with E-state index in [0.29, 0.717) is 5.41 Å². The molecule has 0 unspecified atom stereocenters. The molecule has 1 aliphatic heterocycles. The minimum atomic E-state index is 0.616. The van der Waals surface area contributed by atoms with Gasteiger partial charge in [-0.2, -0.15) is 0 Å². The fourth-order valence-corrected chi connectivity index (χ4v) is 4.05. The first kappa shape index (κ1) is 15.1. The van der Waals surface area contributed by atoms with Crippen LogP contribution in [0.4, 0.5) is 0 Å². The Balaban J connectivity index is 1.35. The lowest BCUT2D eigenvalue weighted by Crippen LogP contribution is -2.48. The molecule has 4 nitrogen and oxygen atoms in total. The van der Waals surface area contributed by atoms with Gasteiger partial charge in [0.05, 0.1) is 0 Å². The van der Waals surface area contributed by atoms with Crippen LogP contribution in [0.5, 0.6) is 0 Å². The molecule has 120 valence electrons. The molecule has 3 rings (SSSR count). The van der Waals surface area contributed by atoms with Gasteiger partial charge in [0, 0.05) is 26.7 Å². The van der Waals surface area contributed by atoms with E-state index < -0.39 is 0 Å². The summed E-state index contributed by atoms with van der Waals surface area (Å²) in [5.74, 6) is 2.00. The molecule has 2 N–H and O–H groups in total. The molecule has 4 heteroatoms. The van der Waals surface area contributed by atoms with Gasteiger partial charge in [0.2, 0.25) is 0 Å². The second-order valence-corrected chi connectivity index (χ2v) is 7.25. The number of rotatable bonds is 6. The number of nitrogens with one attached hydrogen (secondary N) is 2. The standard InChI is InChI=1S/C17H32N4/c1-18-16(19-10-13-21-11-3-2-4-12-21)20-14-17(8-5-9-17)15-6-7-15/h15H,2-14H2,1H3,(H2,18,19,20). The molecule has 3 fully saturated rings. The van der Waals surface area contributed by atoms with Crippen LogP contribution in [0.2, 0.25) is 0 Å². The van der Waals surface area contributed by atoms with Crippen LogP contribution in [0, 0.1) is 11.3 Å². The molecular weight excluding hydrogens is 260 g/mol. The summed E-state index contributed by atoms with van der Waals surface area (Å²) in [6.45, 7) is 5.84. The van der Waals surface area contributed by atoms with E-state index in [0.717, 1.165) is 31.5 Å². The lowest BCUT2D eigenvalue weighted by atomic mass is 9.65. The Bertz CT molecular complexity index is 352. The van der Waals surface area contributed by atoms with Crippen LogP contribution in [-0.2, 0) is 0 Å². The summed E-state index contributed by atoms with van der Waals surface area (Å²) >= 11 is 0. The van der Waals surface area contributed by atoms with Crippen molar-refractivity contribution in [1.29, 1.82) is 0 Å². The second kappa shape index (κ2) is 6.99. The molecular formula is C17H32N4. The van der Waals surface area contributed by atoms with Crippen LogP contribution >= 0.6 is 0 Å². The van der Waals surface area contributed by atoms with Crippen molar-refractivity contribution in [3.63, 3.8) is 0 Å². The Morgan fingerprint density at radius 2 is 1.86 bits per heavy atom. The zero-order chi connectivity index (χ0) is 14.5. The molecule has 2 saturated carbocycles. The Kier molecular flexibility index (Phi) is 5.04. The van der Waals surface area contributed by atoms with Crippen molar-refractivity contribution >= 4 is 5.96 Å². The SMILES string of the molecule is CN=C(NCCN1CCCCC1)NCC1(C2CC2)CCC1. The van der Waals surface area contributed by atoms with Crippen LogP contribution in [-0.4, -0.2) is 50.6 Å². The lowest BCUT2D eigenvalue weighted by molar-refractivity contribution is 0.106. The summed E-state index contributed by atoms with van der Waals surface area (Å²) in [5.41, 5.74) is 0.616. The zero-order valence-corrected chi connectivity index (χ0v) is 13.7. The normalized spacial score (nSPS) is 26.2. The monoisotopic (exact) mass is 292 g/mol. The van der Waals surface area contributed by atoms with Gasteiger partial charge < -0.3 is 15.5 Å². The maximum Gasteiger partial charge on any atom is 0.191 e. The van der Waals surface area contributed by atoms with Gasteiger partial charge in [0.25, 0.3) is 0 Å². The Hall–Kier alpha value is -0.770. The third-order valence-corrected chi connectivity index (χ3v) is 5.79. The average Bonchev–Trinajstić information content (AvgIpc) is 3.30. The van der Waals surface area contributed by atoms with Gasteiger partial charge in [0.15, 0.2) is 5.96 Å². The van der Waals surface area contributed by atoms with Crippen LogP contribution in [0.15, 0.2) is 4.99 Å². The average molecular weight is 292 g/mol. The van der Waals surface area contributed by atoms with E-state index in [-0.39, 0.29) is 0 Å². The first-order chi connectivity index (χ1) is 10.3. The van der Waals surface area contributed by atoms with E-state index in [9.17, 15) is 0 Å². The molecule has 0 spiro atoms. The van der Waals surface area contributed by atoms with Gasteiger partial charge in [-0.1, -0.05) is 12.8 Å². The fourth-order valence-electron chi connectivity index (χ4n) is 4.05. The maximum absolute atomic E-state index is 4.39. The quantitative estimate of drug-likeness (QED) is 0.582. The Labute approximate surface area is 129 Å². The van der Waals surface area contributed by atoms with Crippen molar-refractivity contribution in [1.82, 2.24) is 15.5 Å². The van der Waals surface area contributed by atoms with Gasteiger partial charge in [-0.05, 0) is 62.9 Å². The molecule has 1 saturated heterocycles. The van der Waals surface area contributed by atoms with E-state index in [1.165, 1.54) is 64.5 Å². The van der Waals surface area contributed by atoms with Gasteiger partial charge in [-0.25, -0.2) is 0 Å². The minimum Gasteiger partial charge on any atom is -0.356 e. The highest BCUT2D eigenvalue weighted by atomic mass is 15.2. The molecule has 0 aromatic carbocycles. The molecule has 0 atom stereocenters. The summed E-state index contributed by atoms with van der Waals surface area (Å²) in [7, 11) is 1.89. The third-order valence-electron chi connectivity index (χ3n) is 5.79. The summed E-state index contributed by atoms with van der Waals surface area (Å²) in [4.78, 5) is 6.96. The number of aliphatic imine (C=N–C) groups is 1. The van der Waals surface area contributed by atoms with Gasteiger partial charge in [0.1, 0.15) is 0 Å². The Morgan fingerprint density at radius 3 is 2.43 bits per heavy atom. The summed E-state index contributed by atoms with van der Waals surface area (Å²) in [6.07, 6.45) is 11.4. The number of hydrogen-bond acceptors (Lipinski definition) is 2. The summed E-state index contributed by atoms with van der Waals surface area (Å²) in [5, 5.41) is 7.09. The van der Waals surface area contributed by atoms with Crippen molar-refractivity contribution in [3.8, 4) is 0 Å². The molecule has 21 heavy (non-hydrogen) atoms. The van der Waals surface area contributed by atoms with Crippen LogP contribution in [0.3, 0.4) is 0 Å². The number of hydrogen-bond donors (Lipinski definition) is 2. The van der Waals surface area contributed by atoms with E-state index in [4.69, 9.17) is 0 Å². The van der Waals surface area contributed by atoms with Gasteiger partial charge in [-0.3, -0.25) is 4.99 Å². The molecule has 0 radical (unpaired) electrons. The van der Waals surface area contributed by atoms with E-state index in [2.05, 4.69) is 20.5 Å². The summed E-state index contributed by atoms with van der Waals surface area (Å²) < 4.78 is 0.